The largest absolute Gasteiger partial charge is 0.507 e. The Morgan fingerprint density at radius 2 is 1.82 bits per heavy atom. The molecule has 17 heavy (non-hydrogen) atoms. The summed E-state index contributed by atoms with van der Waals surface area (Å²) >= 11 is 0. The van der Waals surface area contributed by atoms with Crippen LogP contribution in [0.25, 0.3) is 0 Å². The van der Waals surface area contributed by atoms with Gasteiger partial charge >= 0.3 is 0 Å². The third-order valence-electron chi connectivity index (χ3n) is 2.44. The Kier molecular flexibility index (Phi) is 4.50. The van der Waals surface area contributed by atoms with Crippen molar-refractivity contribution >= 4 is 10.0 Å². The van der Waals surface area contributed by atoms with E-state index in [1.165, 1.54) is 0 Å². The van der Waals surface area contributed by atoms with Gasteiger partial charge in [-0.2, -0.15) is 0 Å². The molecule has 96 valence electrons. The highest BCUT2D eigenvalue weighted by molar-refractivity contribution is 7.89. The van der Waals surface area contributed by atoms with E-state index in [1.54, 1.807) is 0 Å². The van der Waals surface area contributed by atoms with Crippen LogP contribution in [0.3, 0.4) is 0 Å². The van der Waals surface area contributed by atoms with E-state index in [9.17, 15) is 13.5 Å². The second-order valence-corrected chi connectivity index (χ2v) is 5.86. The van der Waals surface area contributed by atoms with Crippen molar-refractivity contribution in [3.05, 3.63) is 28.8 Å². The average Bonchev–Trinajstić information content (AvgIpc) is 2.19. The zero-order chi connectivity index (χ0) is 13.1. The third kappa shape index (κ3) is 4.72. The molecule has 0 amide bonds. The van der Waals surface area contributed by atoms with Crippen LogP contribution in [0.1, 0.15) is 16.7 Å². The van der Waals surface area contributed by atoms with E-state index in [-0.39, 0.29) is 5.75 Å². The standard InChI is InChI=1S/C11H18N2O3S/c1-8-5-10(6-9(2)11(8)14)7-13-3-4-17(12,15)16/h5-6,13-14H,3-4,7H2,1-2H3,(H2,12,15,16). The van der Waals surface area contributed by atoms with Gasteiger partial charge in [-0.15, -0.1) is 0 Å². The number of sulfonamides is 1. The fourth-order valence-electron chi connectivity index (χ4n) is 1.59. The van der Waals surface area contributed by atoms with E-state index in [0.29, 0.717) is 18.8 Å². The summed E-state index contributed by atoms with van der Waals surface area (Å²) in [5, 5.41) is 17.5. The minimum atomic E-state index is -3.40. The van der Waals surface area contributed by atoms with Crippen LogP contribution < -0.4 is 10.5 Å². The smallest absolute Gasteiger partial charge is 0.210 e. The highest BCUT2D eigenvalue weighted by Gasteiger charge is 2.04. The van der Waals surface area contributed by atoms with Crippen molar-refractivity contribution in [3.63, 3.8) is 0 Å². The van der Waals surface area contributed by atoms with Gasteiger partial charge in [0.05, 0.1) is 5.75 Å². The molecule has 0 spiro atoms. The molecule has 0 saturated carbocycles. The van der Waals surface area contributed by atoms with Gasteiger partial charge in [-0.1, -0.05) is 12.1 Å². The predicted octanol–water partition coefficient (Wildman–Crippen LogP) is 0.387. The Morgan fingerprint density at radius 3 is 2.29 bits per heavy atom. The molecule has 1 aromatic carbocycles. The van der Waals surface area contributed by atoms with Crippen LogP contribution in [0.5, 0.6) is 5.75 Å². The van der Waals surface area contributed by atoms with Crippen molar-refractivity contribution in [2.24, 2.45) is 5.14 Å². The number of nitrogens with two attached hydrogens (primary N) is 1. The Hall–Kier alpha value is -1.11. The molecule has 0 atom stereocenters. The van der Waals surface area contributed by atoms with Crippen molar-refractivity contribution in [2.75, 3.05) is 12.3 Å². The topological polar surface area (TPSA) is 92.4 Å². The fraction of sp³-hybridized carbons (Fsp3) is 0.455. The highest BCUT2D eigenvalue weighted by atomic mass is 32.2. The molecule has 0 heterocycles. The molecule has 0 aliphatic heterocycles. The Morgan fingerprint density at radius 1 is 1.29 bits per heavy atom. The Balaban J connectivity index is 2.53. The monoisotopic (exact) mass is 258 g/mol. The number of aromatic hydroxyl groups is 1. The van der Waals surface area contributed by atoms with Gasteiger partial charge in [-0.3, -0.25) is 0 Å². The summed E-state index contributed by atoms with van der Waals surface area (Å²) in [5.74, 6) is 0.224. The van der Waals surface area contributed by atoms with Gasteiger partial charge in [0.25, 0.3) is 0 Å². The normalized spacial score (nSPS) is 11.7. The summed E-state index contributed by atoms with van der Waals surface area (Å²) in [5.41, 5.74) is 2.63. The van der Waals surface area contributed by atoms with Gasteiger partial charge < -0.3 is 10.4 Å². The van der Waals surface area contributed by atoms with Gasteiger partial charge in [0.2, 0.25) is 10.0 Å². The van der Waals surface area contributed by atoms with Crippen LogP contribution in [-0.2, 0) is 16.6 Å². The maximum absolute atomic E-state index is 10.7. The van der Waals surface area contributed by atoms with Crippen molar-refractivity contribution < 1.29 is 13.5 Å². The second-order valence-electron chi connectivity index (χ2n) is 4.12. The first-order chi connectivity index (χ1) is 7.79. The van der Waals surface area contributed by atoms with Crippen LogP contribution in [0.2, 0.25) is 0 Å². The molecule has 0 aliphatic carbocycles. The lowest BCUT2D eigenvalue weighted by molar-refractivity contribution is 0.466. The first kappa shape index (κ1) is 14.0. The number of rotatable bonds is 5. The number of benzene rings is 1. The Bertz CT molecular complexity index is 474. The maximum Gasteiger partial charge on any atom is 0.210 e. The lowest BCUT2D eigenvalue weighted by Crippen LogP contribution is -2.26. The summed E-state index contributed by atoms with van der Waals surface area (Å²) in [6.07, 6.45) is 0. The first-order valence-electron chi connectivity index (χ1n) is 5.30. The average molecular weight is 258 g/mol. The van der Waals surface area contributed by atoms with Crippen LogP contribution in [-0.4, -0.2) is 25.8 Å². The third-order valence-corrected chi connectivity index (χ3v) is 3.22. The highest BCUT2D eigenvalue weighted by Crippen LogP contribution is 2.22. The molecule has 1 aromatic rings. The zero-order valence-corrected chi connectivity index (χ0v) is 10.8. The number of hydrogen-bond donors (Lipinski definition) is 3. The van der Waals surface area contributed by atoms with E-state index in [1.807, 2.05) is 26.0 Å². The van der Waals surface area contributed by atoms with Crippen LogP contribution >= 0.6 is 0 Å². The molecule has 1 rings (SSSR count). The molecule has 0 bridgehead atoms. The number of primary sulfonamides is 1. The minimum Gasteiger partial charge on any atom is -0.507 e. The minimum absolute atomic E-state index is 0.0803. The molecule has 4 N–H and O–H groups in total. The van der Waals surface area contributed by atoms with E-state index in [4.69, 9.17) is 5.14 Å². The molecular formula is C11H18N2O3S. The quantitative estimate of drug-likeness (QED) is 0.666. The number of hydrogen-bond acceptors (Lipinski definition) is 4. The molecule has 0 radical (unpaired) electrons. The van der Waals surface area contributed by atoms with E-state index in [2.05, 4.69) is 5.32 Å². The molecule has 6 heteroatoms. The van der Waals surface area contributed by atoms with Crippen molar-refractivity contribution in [1.29, 1.82) is 0 Å². The van der Waals surface area contributed by atoms with E-state index < -0.39 is 10.0 Å². The molecule has 0 aromatic heterocycles. The zero-order valence-electron chi connectivity index (χ0n) is 10.0. The lowest BCUT2D eigenvalue weighted by atomic mass is 10.1. The number of nitrogens with one attached hydrogen (secondary N) is 1. The number of aryl methyl sites for hydroxylation is 2. The van der Waals surface area contributed by atoms with E-state index in [0.717, 1.165) is 16.7 Å². The second kappa shape index (κ2) is 5.48. The van der Waals surface area contributed by atoms with Crippen LogP contribution in [0.4, 0.5) is 0 Å². The fourth-order valence-corrected chi connectivity index (χ4v) is 2.02. The van der Waals surface area contributed by atoms with Crippen LogP contribution in [0.15, 0.2) is 12.1 Å². The SMILES string of the molecule is Cc1cc(CNCCS(N)(=O)=O)cc(C)c1O. The molecule has 0 saturated heterocycles. The summed E-state index contributed by atoms with van der Waals surface area (Å²) in [7, 11) is -3.40. The summed E-state index contributed by atoms with van der Waals surface area (Å²) < 4.78 is 21.4. The van der Waals surface area contributed by atoms with Gasteiger partial charge in [-0.25, -0.2) is 13.6 Å². The van der Waals surface area contributed by atoms with E-state index >= 15 is 0 Å². The number of phenols is 1. The predicted molar refractivity (Wildman–Crippen MR) is 67.3 cm³/mol. The van der Waals surface area contributed by atoms with Gasteiger partial charge in [0, 0.05) is 13.1 Å². The van der Waals surface area contributed by atoms with Crippen molar-refractivity contribution in [2.45, 2.75) is 20.4 Å². The summed E-state index contributed by atoms with van der Waals surface area (Å²) in [6, 6.07) is 3.73. The molecule has 0 fully saturated rings. The summed E-state index contributed by atoms with van der Waals surface area (Å²) in [4.78, 5) is 0. The lowest BCUT2D eigenvalue weighted by Gasteiger charge is -2.08. The maximum atomic E-state index is 10.7. The summed E-state index contributed by atoms with van der Waals surface area (Å²) in [6.45, 7) is 4.53. The molecule has 5 nitrogen and oxygen atoms in total. The first-order valence-corrected chi connectivity index (χ1v) is 7.01. The van der Waals surface area contributed by atoms with Crippen molar-refractivity contribution in [3.8, 4) is 5.75 Å². The number of phenolic OH excluding ortho intramolecular Hbond substituents is 1. The Labute approximate surface area is 102 Å². The molecular weight excluding hydrogens is 240 g/mol. The van der Waals surface area contributed by atoms with Gasteiger partial charge in [0.1, 0.15) is 5.75 Å². The van der Waals surface area contributed by atoms with Gasteiger partial charge in [-0.05, 0) is 30.5 Å². The molecule has 0 unspecified atom stereocenters. The van der Waals surface area contributed by atoms with Crippen LogP contribution in [0, 0.1) is 13.8 Å². The van der Waals surface area contributed by atoms with Gasteiger partial charge in [0.15, 0.2) is 0 Å². The molecule has 0 aliphatic rings. The van der Waals surface area contributed by atoms with Crippen molar-refractivity contribution in [1.82, 2.24) is 5.32 Å².